The van der Waals surface area contributed by atoms with E-state index in [0.717, 1.165) is 12.6 Å². The van der Waals surface area contributed by atoms with Gasteiger partial charge < -0.3 is 15.2 Å². The first-order valence-electron chi connectivity index (χ1n) is 9.35. The summed E-state index contributed by atoms with van der Waals surface area (Å²) in [6.45, 7) is 4.79. The molecule has 1 aromatic rings. The van der Waals surface area contributed by atoms with Gasteiger partial charge in [0.05, 0.1) is 0 Å². The van der Waals surface area contributed by atoms with Crippen molar-refractivity contribution < 1.29 is 4.79 Å². The van der Waals surface area contributed by atoms with E-state index in [1.165, 1.54) is 63.6 Å². The maximum absolute atomic E-state index is 12.3. The van der Waals surface area contributed by atoms with Crippen molar-refractivity contribution in [1.29, 1.82) is 0 Å². The summed E-state index contributed by atoms with van der Waals surface area (Å²) in [7, 11) is 0. The van der Waals surface area contributed by atoms with Crippen molar-refractivity contribution in [3.63, 3.8) is 0 Å². The zero-order chi connectivity index (χ0) is 16.9. The van der Waals surface area contributed by atoms with Gasteiger partial charge in [0.2, 0.25) is 0 Å². The fourth-order valence-electron chi connectivity index (χ4n) is 4.18. The summed E-state index contributed by atoms with van der Waals surface area (Å²) in [6, 6.07) is 3.63. The lowest BCUT2D eigenvalue weighted by atomic mass is 9.90. The number of aromatic nitrogens is 1. The molecule has 2 heterocycles. The van der Waals surface area contributed by atoms with Crippen molar-refractivity contribution in [2.75, 3.05) is 19.6 Å². The highest BCUT2D eigenvalue weighted by Gasteiger charge is 2.27. The quantitative estimate of drug-likeness (QED) is 0.891. The molecular formula is C19H29N3O2. The number of nitrogens with one attached hydrogen (secondary N) is 2. The fourth-order valence-corrected chi connectivity index (χ4v) is 4.18. The number of H-pyrrole nitrogens is 1. The Morgan fingerprint density at radius 1 is 1.21 bits per heavy atom. The normalized spacial score (nSPS) is 23.1. The number of nitrogens with zero attached hydrogens (tertiary/aromatic N) is 1. The van der Waals surface area contributed by atoms with E-state index < -0.39 is 0 Å². The highest BCUT2D eigenvalue weighted by atomic mass is 16.2. The zero-order valence-corrected chi connectivity index (χ0v) is 14.6. The Bertz CT molecular complexity index is 619. The van der Waals surface area contributed by atoms with Crippen LogP contribution in [0, 0.1) is 12.8 Å². The number of amides is 1. The Labute approximate surface area is 143 Å². The molecule has 2 N–H and O–H groups in total. The number of piperidine rings is 1. The molecule has 2 aliphatic rings. The van der Waals surface area contributed by atoms with Gasteiger partial charge in [-0.25, -0.2) is 0 Å². The highest BCUT2D eigenvalue weighted by Crippen LogP contribution is 2.26. The summed E-state index contributed by atoms with van der Waals surface area (Å²) < 4.78 is 0. The van der Waals surface area contributed by atoms with Crippen LogP contribution in [0.2, 0.25) is 0 Å². The average Bonchev–Trinajstić information content (AvgIpc) is 2.60. The second kappa shape index (κ2) is 7.97. The number of likely N-dealkylation sites (tertiary alicyclic amines) is 1. The molecule has 1 aromatic heterocycles. The third kappa shape index (κ3) is 4.47. The summed E-state index contributed by atoms with van der Waals surface area (Å²) in [5, 5.41) is 3.01. The van der Waals surface area contributed by atoms with Gasteiger partial charge in [-0.15, -0.1) is 0 Å². The minimum Gasteiger partial charge on any atom is -0.354 e. The van der Waals surface area contributed by atoms with Crippen LogP contribution in [-0.4, -0.2) is 41.5 Å². The van der Waals surface area contributed by atoms with Crippen LogP contribution in [0.3, 0.4) is 0 Å². The molecule has 1 aliphatic heterocycles. The number of carbonyl (C=O) groups is 1. The van der Waals surface area contributed by atoms with Gasteiger partial charge in [0.25, 0.3) is 5.91 Å². The highest BCUT2D eigenvalue weighted by molar-refractivity contribution is 5.92. The molecule has 1 aliphatic carbocycles. The predicted octanol–water partition coefficient (Wildman–Crippen LogP) is 2.46. The van der Waals surface area contributed by atoms with Gasteiger partial charge in [-0.05, 0) is 45.1 Å². The Morgan fingerprint density at radius 3 is 2.75 bits per heavy atom. The van der Waals surface area contributed by atoms with Gasteiger partial charge >= 0.3 is 0 Å². The van der Waals surface area contributed by atoms with Gasteiger partial charge in [-0.1, -0.05) is 19.3 Å². The van der Waals surface area contributed by atoms with Gasteiger partial charge in [0.1, 0.15) is 5.69 Å². The maximum Gasteiger partial charge on any atom is 0.267 e. The average molecular weight is 331 g/mol. The monoisotopic (exact) mass is 331 g/mol. The van der Waals surface area contributed by atoms with Crippen LogP contribution < -0.4 is 10.7 Å². The van der Waals surface area contributed by atoms with E-state index in [1.807, 2.05) is 0 Å². The lowest BCUT2D eigenvalue weighted by molar-refractivity contribution is 0.0863. The number of carbonyl (C=O) groups excluding carboxylic acids is 1. The number of hydrogen-bond donors (Lipinski definition) is 2. The zero-order valence-electron chi connectivity index (χ0n) is 14.6. The Morgan fingerprint density at radius 2 is 2.00 bits per heavy atom. The minimum atomic E-state index is -0.175. The molecule has 5 heteroatoms. The maximum atomic E-state index is 12.3. The van der Waals surface area contributed by atoms with E-state index in [2.05, 4.69) is 15.2 Å². The molecule has 3 rings (SSSR count). The molecule has 1 amide bonds. The number of hydrogen-bond acceptors (Lipinski definition) is 3. The van der Waals surface area contributed by atoms with Crippen LogP contribution in [0.4, 0.5) is 0 Å². The van der Waals surface area contributed by atoms with Gasteiger partial charge in [0, 0.05) is 37.0 Å². The van der Waals surface area contributed by atoms with Crippen molar-refractivity contribution in [3.8, 4) is 0 Å². The molecule has 1 saturated carbocycles. The molecule has 1 atom stereocenters. The summed E-state index contributed by atoms with van der Waals surface area (Å²) in [5.74, 6) is 0.340. The summed E-state index contributed by atoms with van der Waals surface area (Å²) >= 11 is 0. The number of aryl methyl sites for hydroxylation is 1. The number of rotatable bonds is 4. The van der Waals surface area contributed by atoms with Crippen LogP contribution >= 0.6 is 0 Å². The van der Waals surface area contributed by atoms with Crippen LogP contribution in [0.5, 0.6) is 0 Å². The first kappa shape index (κ1) is 17.2. The van der Waals surface area contributed by atoms with Crippen molar-refractivity contribution in [3.05, 3.63) is 33.7 Å². The van der Waals surface area contributed by atoms with Crippen molar-refractivity contribution >= 4 is 5.91 Å². The molecule has 0 unspecified atom stereocenters. The topological polar surface area (TPSA) is 65.2 Å². The molecule has 132 valence electrons. The first-order valence-corrected chi connectivity index (χ1v) is 9.35. The molecule has 5 nitrogen and oxygen atoms in total. The summed E-state index contributed by atoms with van der Waals surface area (Å²) in [5.41, 5.74) is 0.950. The summed E-state index contributed by atoms with van der Waals surface area (Å²) in [6.07, 6.45) is 9.18. The van der Waals surface area contributed by atoms with Crippen LogP contribution in [0.1, 0.15) is 61.1 Å². The van der Waals surface area contributed by atoms with E-state index in [-0.39, 0.29) is 11.3 Å². The van der Waals surface area contributed by atoms with Gasteiger partial charge in [-0.2, -0.15) is 0 Å². The van der Waals surface area contributed by atoms with E-state index in [4.69, 9.17) is 0 Å². The minimum absolute atomic E-state index is 0.127. The van der Waals surface area contributed by atoms with Crippen LogP contribution in [0.25, 0.3) is 0 Å². The molecular weight excluding hydrogens is 302 g/mol. The van der Waals surface area contributed by atoms with Crippen molar-refractivity contribution in [2.45, 2.75) is 57.9 Å². The lowest BCUT2D eigenvalue weighted by Gasteiger charge is -2.40. The number of pyridine rings is 1. The second-order valence-electron chi connectivity index (χ2n) is 7.42. The number of aromatic amines is 1. The SMILES string of the molecule is Cc1cc(=O)cc(C(=O)NC[C@H]2CCCN(C3CCCCC3)C2)[nH]1. The molecule has 0 bridgehead atoms. The first-order chi connectivity index (χ1) is 11.6. The van der Waals surface area contributed by atoms with Gasteiger partial charge in [-0.3, -0.25) is 9.59 Å². The lowest BCUT2D eigenvalue weighted by Crippen LogP contribution is -2.46. The van der Waals surface area contributed by atoms with E-state index in [1.54, 1.807) is 6.92 Å². The smallest absolute Gasteiger partial charge is 0.267 e. The molecule has 0 spiro atoms. The third-order valence-corrected chi connectivity index (χ3v) is 5.41. The van der Waals surface area contributed by atoms with Crippen molar-refractivity contribution in [2.24, 2.45) is 5.92 Å². The second-order valence-corrected chi connectivity index (χ2v) is 7.42. The van der Waals surface area contributed by atoms with E-state index >= 15 is 0 Å². The van der Waals surface area contributed by atoms with E-state index in [9.17, 15) is 9.59 Å². The molecule has 0 aromatic carbocycles. The standard InChI is InChI=1S/C19H29N3O2/c1-14-10-17(23)11-18(21-14)19(24)20-12-15-6-5-9-22(13-15)16-7-3-2-4-8-16/h10-11,15-16H,2-9,12-13H2,1H3,(H,20,24)(H,21,23)/t15-/m1/s1. The Balaban J connectivity index is 1.52. The van der Waals surface area contributed by atoms with Gasteiger partial charge in [0.15, 0.2) is 5.43 Å². The Hall–Kier alpha value is -1.62. The molecule has 1 saturated heterocycles. The van der Waals surface area contributed by atoms with Crippen LogP contribution in [0.15, 0.2) is 16.9 Å². The summed E-state index contributed by atoms with van der Waals surface area (Å²) in [4.78, 5) is 29.4. The van der Waals surface area contributed by atoms with Crippen molar-refractivity contribution in [1.82, 2.24) is 15.2 Å². The molecule has 24 heavy (non-hydrogen) atoms. The largest absolute Gasteiger partial charge is 0.354 e. The van der Waals surface area contributed by atoms with Crippen LogP contribution in [-0.2, 0) is 0 Å². The Kier molecular flexibility index (Phi) is 5.72. The predicted molar refractivity (Wildman–Crippen MR) is 95.3 cm³/mol. The fraction of sp³-hybridized carbons (Fsp3) is 0.684. The molecule has 0 radical (unpaired) electrons. The van der Waals surface area contributed by atoms with E-state index in [0.29, 0.717) is 23.9 Å². The third-order valence-electron chi connectivity index (χ3n) is 5.41. The molecule has 2 fully saturated rings.